The maximum absolute atomic E-state index is 9.84. The van der Waals surface area contributed by atoms with Crippen LogP contribution < -0.4 is 5.32 Å². The van der Waals surface area contributed by atoms with Crippen LogP contribution >= 0.6 is 31.9 Å². The molecule has 0 unspecified atom stereocenters. The van der Waals surface area contributed by atoms with Gasteiger partial charge in [-0.15, -0.1) is 0 Å². The van der Waals surface area contributed by atoms with Gasteiger partial charge >= 0.3 is 0 Å². The molecule has 1 aromatic rings. The topological polar surface area (TPSA) is 45.4 Å². The van der Waals surface area contributed by atoms with Crippen molar-refractivity contribution in [1.29, 1.82) is 0 Å². The van der Waals surface area contributed by atoms with Gasteiger partial charge in [-0.25, -0.2) is 0 Å². The second kappa shape index (κ2) is 4.57. The SMILES string of the molecule is OC1(CNCc2cc(Br)c(Br)o2)CCC1. The first-order valence-corrected chi connectivity index (χ1v) is 6.54. The Morgan fingerprint density at radius 3 is 2.67 bits per heavy atom. The third kappa shape index (κ3) is 2.84. The quantitative estimate of drug-likeness (QED) is 0.887. The van der Waals surface area contributed by atoms with Crippen LogP contribution in [0.5, 0.6) is 0 Å². The zero-order valence-electron chi connectivity index (χ0n) is 8.22. The second-order valence-corrected chi connectivity index (χ2v) is 5.59. The Hall–Kier alpha value is 0.160. The second-order valence-electron chi connectivity index (χ2n) is 4.02. The van der Waals surface area contributed by atoms with Gasteiger partial charge in [0.05, 0.1) is 16.6 Å². The lowest BCUT2D eigenvalue weighted by Gasteiger charge is -2.36. The third-order valence-electron chi connectivity index (χ3n) is 2.73. The molecule has 5 heteroatoms. The van der Waals surface area contributed by atoms with Crippen molar-refractivity contribution in [2.24, 2.45) is 0 Å². The van der Waals surface area contributed by atoms with Crippen LogP contribution in [0.15, 0.2) is 19.6 Å². The van der Waals surface area contributed by atoms with Crippen molar-refractivity contribution in [2.75, 3.05) is 6.54 Å². The lowest BCUT2D eigenvalue weighted by atomic mass is 9.80. The highest BCUT2D eigenvalue weighted by Crippen LogP contribution is 2.31. The molecule has 0 atom stereocenters. The minimum atomic E-state index is -0.471. The van der Waals surface area contributed by atoms with Gasteiger partial charge in [0.15, 0.2) is 4.67 Å². The van der Waals surface area contributed by atoms with E-state index >= 15 is 0 Å². The van der Waals surface area contributed by atoms with E-state index in [1.54, 1.807) is 0 Å². The predicted octanol–water partition coefficient (Wildman–Crippen LogP) is 2.81. The minimum absolute atomic E-state index is 0.471. The van der Waals surface area contributed by atoms with Gasteiger partial charge in [-0.2, -0.15) is 0 Å². The first kappa shape index (κ1) is 11.6. The monoisotopic (exact) mass is 337 g/mol. The number of hydrogen-bond acceptors (Lipinski definition) is 3. The minimum Gasteiger partial charge on any atom is -0.452 e. The summed E-state index contributed by atoms with van der Waals surface area (Å²) in [5.74, 6) is 0.858. The molecule has 2 N–H and O–H groups in total. The van der Waals surface area contributed by atoms with Crippen LogP contribution in [0.1, 0.15) is 25.0 Å². The number of hydrogen-bond donors (Lipinski definition) is 2. The molecule has 0 aliphatic heterocycles. The average molecular weight is 339 g/mol. The fraction of sp³-hybridized carbons (Fsp3) is 0.600. The normalized spacial score (nSPS) is 18.9. The highest BCUT2D eigenvalue weighted by molar-refractivity contribution is 9.13. The van der Waals surface area contributed by atoms with Crippen LogP contribution in [-0.4, -0.2) is 17.3 Å². The van der Waals surface area contributed by atoms with Gasteiger partial charge in [0.1, 0.15) is 5.76 Å². The van der Waals surface area contributed by atoms with Gasteiger partial charge < -0.3 is 14.8 Å². The van der Waals surface area contributed by atoms with E-state index < -0.39 is 5.60 Å². The van der Waals surface area contributed by atoms with Crippen LogP contribution in [0.25, 0.3) is 0 Å². The molecule has 0 amide bonds. The third-order valence-corrected chi connectivity index (χ3v) is 4.44. The molecule has 1 heterocycles. The van der Waals surface area contributed by atoms with Gasteiger partial charge in [0.25, 0.3) is 0 Å². The Balaban J connectivity index is 1.78. The van der Waals surface area contributed by atoms with Crippen molar-refractivity contribution in [3.8, 4) is 0 Å². The summed E-state index contributed by atoms with van der Waals surface area (Å²) < 4.78 is 7.03. The summed E-state index contributed by atoms with van der Waals surface area (Å²) >= 11 is 6.64. The van der Waals surface area contributed by atoms with E-state index in [-0.39, 0.29) is 0 Å². The molecule has 1 saturated carbocycles. The van der Waals surface area contributed by atoms with Crippen molar-refractivity contribution >= 4 is 31.9 Å². The summed E-state index contributed by atoms with van der Waals surface area (Å²) in [5.41, 5.74) is -0.471. The lowest BCUT2D eigenvalue weighted by Crippen LogP contribution is -2.45. The number of halogens is 2. The molecule has 0 radical (unpaired) electrons. The Kier molecular flexibility index (Phi) is 3.55. The Bertz CT molecular complexity index is 328. The van der Waals surface area contributed by atoms with Crippen LogP contribution in [0.4, 0.5) is 0 Å². The highest BCUT2D eigenvalue weighted by atomic mass is 79.9. The van der Waals surface area contributed by atoms with Gasteiger partial charge in [-0.1, -0.05) is 0 Å². The van der Waals surface area contributed by atoms with Crippen LogP contribution in [0.2, 0.25) is 0 Å². The van der Waals surface area contributed by atoms with E-state index in [1.807, 2.05) is 6.07 Å². The molecule has 0 aromatic carbocycles. The Morgan fingerprint density at radius 1 is 1.47 bits per heavy atom. The molecule has 1 aliphatic rings. The lowest BCUT2D eigenvalue weighted by molar-refractivity contribution is -0.0317. The van der Waals surface area contributed by atoms with E-state index in [1.165, 1.54) is 0 Å². The van der Waals surface area contributed by atoms with Crippen molar-refractivity contribution < 1.29 is 9.52 Å². The Morgan fingerprint density at radius 2 is 2.20 bits per heavy atom. The molecule has 2 rings (SSSR count). The summed E-state index contributed by atoms with van der Waals surface area (Å²) in [6.45, 7) is 1.29. The number of furan rings is 1. The Labute approximate surface area is 105 Å². The molecule has 0 bridgehead atoms. The van der Waals surface area contributed by atoms with Crippen molar-refractivity contribution in [1.82, 2.24) is 5.32 Å². The summed E-state index contributed by atoms with van der Waals surface area (Å²) in [7, 11) is 0. The average Bonchev–Trinajstić information content (AvgIpc) is 2.43. The molecule has 84 valence electrons. The fourth-order valence-electron chi connectivity index (χ4n) is 1.66. The molecular weight excluding hydrogens is 326 g/mol. The molecule has 3 nitrogen and oxygen atoms in total. The van der Waals surface area contributed by atoms with Gasteiger partial charge in [-0.3, -0.25) is 0 Å². The fourth-order valence-corrected chi connectivity index (χ4v) is 2.32. The first-order chi connectivity index (χ1) is 7.09. The molecular formula is C10H13Br2NO2. The number of aliphatic hydroxyl groups is 1. The maximum Gasteiger partial charge on any atom is 0.183 e. The van der Waals surface area contributed by atoms with Crippen molar-refractivity contribution in [2.45, 2.75) is 31.4 Å². The molecule has 1 fully saturated rings. The molecule has 0 saturated heterocycles. The predicted molar refractivity (Wildman–Crippen MR) is 64.6 cm³/mol. The van der Waals surface area contributed by atoms with Gasteiger partial charge in [-0.05, 0) is 57.2 Å². The summed E-state index contributed by atoms with van der Waals surface area (Å²) in [6, 6.07) is 1.92. The summed E-state index contributed by atoms with van der Waals surface area (Å²) in [5, 5.41) is 13.0. The van der Waals surface area contributed by atoms with E-state index in [4.69, 9.17) is 4.42 Å². The van der Waals surface area contributed by atoms with E-state index in [0.29, 0.717) is 17.8 Å². The van der Waals surface area contributed by atoms with Gasteiger partial charge in [0, 0.05) is 6.54 Å². The van der Waals surface area contributed by atoms with E-state index in [0.717, 1.165) is 29.5 Å². The van der Waals surface area contributed by atoms with Crippen LogP contribution in [0, 0.1) is 0 Å². The van der Waals surface area contributed by atoms with Gasteiger partial charge in [0.2, 0.25) is 0 Å². The number of rotatable bonds is 4. The maximum atomic E-state index is 9.84. The zero-order valence-corrected chi connectivity index (χ0v) is 11.4. The molecule has 1 aliphatic carbocycles. The highest BCUT2D eigenvalue weighted by Gasteiger charge is 2.33. The van der Waals surface area contributed by atoms with Crippen LogP contribution in [-0.2, 0) is 6.54 Å². The molecule has 1 aromatic heterocycles. The largest absolute Gasteiger partial charge is 0.452 e. The first-order valence-electron chi connectivity index (χ1n) is 4.96. The zero-order chi connectivity index (χ0) is 10.9. The van der Waals surface area contributed by atoms with Crippen molar-refractivity contribution in [3.05, 3.63) is 21.0 Å². The van der Waals surface area contributed by atoms with E-state index in [9.17, 15) is 5.11 Å². The standard InChI is InChI=1S/C10H13Br2NO2/c11-8-4-7(15-9(8)12)5-13-6-10(14)2-1-3-10/h4,13-14H,1-3,5-6H2. The summed E-state index contributed by atoms with van der Waals surface area (Å²) in [6.07, 6.45) is 2.95. The summed E-state index contributed by atoms with van der Waals surface area (Å²) in [4.78, 5) is 0. The smallest absolute Gasteiger partial charge is 0.183 e. The van der Waals surface area contributed by atoms with Crippen molar-refractivity contribution in [3.63, 3.8) is 0 Å². The number of nitrogens with one attached hydrogen (secondary N) is 1. The van der Waals surface area contributed by atoms with Crippen LogP contribution in [0.3, 0.4) is 0 Å². The molecule has 0 spiro atoms. The molecule has 15 heavy (non-hydrogen) atoms. The van der Waals surface area contributed by atoms with E-state index in [2.05, 4.69) is 37.2 Å².